The quantitative estimate of drug-likeness (QED) is 0.447. The second-order valence-corrected chi connectivity index (χ2v) is 7.29. The monoisotopic (exact) mass is 403 g/mol. The van der Waals surface area contributed by atoms with E-state index in [4.69, 9.17) is 4.74 Å². The summed E-state index contributed by atoms with van der Waals surface area (Å²) in [6.07, 6.45) is 4.11. The van der Waals surface area contributed by atoms with Crippen molar-refractivity contribution in [1.29, 1.82) is 0 Å². The van der Waals surface area contributed by atoms with Gasteiger partial charge in [-0.3, -0.25) is 30.6 Å². The van der Waals surface area contributed by atoms with Crippen LogP contribution >= 0.6 is 11.3 Å². The van der Waals surface area contributed by atoms with E-state index in [1.165, 1.54) is 34.4 Å². The van der Waals surface area contributed by atoms with E-state index >= 15 is 0 Å². The first-order valence-corrected chi connectivity index (χ1v) is 9.38. The molecule has 0 fully saturated rings. The minimum absolute atomic E-state index is 0.00987. The van der Waals surface area contributed by atoms with Crippen LogP contribution < -0.4 is 10.9 Å². The number of thiophene rings is 1. The number of esters is 1. The van der Waals surface area contributed by atoms with Gasteiger partial charge in [0.2, 0.25) is 0 Å². The third-order valence-electron chi connectivity index (χ3n) is 4.17. The lowest BCUT2D eigenvalue weighted by Gasteiger charge is -2.08. The van der Waals surface area contributed by atoms with E-state index in [0.29, 0.717) is 4.88 Å². The van der Waals surface area contributed by atoms with Crippen LogP contribution in [-0.4, -0.2) is 29.3 Å². The number of nitrogens with zero attached hydrogens (tertiary/aromatic N) is 1. The van der Waals surface area contributed by atoms with E-state index in [0.717, 1.165) is 37.3 Å². The molecule has 0 aliphatic heterocycles. The molecule has 1 aromatic heterocycles. The highest BCUT2D eigenvalue weighted by Gasteiger charge is 2.19. The Morgan fingerprint density at radius 2 is 1.93 bits per heavy atom. The number of carbonyl (C=O) groups is 3. The number of fused-ring (bicyclic) bond motifs is 1. The molecule has 9 nitrogen and oxygen atoms in total. The van der Waals surface area contributed by atoms with Crippen LogP contribution in [0.5, 0.6) is 0 Å². The molecule has 0 atom stereocenters. The maximum absolute atomic E-state index is 12.1. The number of rotatable bonds is 5. The Kier molecular flexibility index (Phi) is 5.99. The highest BCUT2D eigenvalue weighted by Crippen LogP contribution is 2.29. The zero-order valence-electron chi connectivity index (χ0n) is 14.7. The summed E-state index contributed by atoms with van der Waals surface area (Å²) in [7, 11) is 0. The first-order valence-electron chi connectivity index (χ1n) is 8.56. The van der Waals surface area contributed by atoms with Crippen molar-refractivity contribution in [2.75, 3.05) is 6.61 Å². The molecule has 1 aliphatic carbocycles. The van der Waals surface area contributed by atoms with Crippen molar-refractivity contribution in [3.05, 3.63) is 61.3 Å². The summed E-state index contributed by atoms with van der Waals surface area (Å²) in [5.74, 6) is -2.04. The highest BCUT2D eigenvalue weighted by molar-refractivity contribution is 7.14. The third kappa shape index (κ3) is 4.71. The molecular weight excluding hydrogens is 386 g/mol. The molecule has 1 heterocycles. The number of aryl methyl sites for hydroxylation is 2. The number of amides is 2. The number of nitro groups is 1. The van der Waals surface area contributed by atoms with Gasteiger partial charge in [0.25, 0.3) is 17.5 Å². The maximum Gasteiger partial charge on any atom is 0.348 e. The summed E-state index contributed by atoms with van der Waals surface area (Å²) >= 11 is 1.38. The highest BCUT2D eigenvalue weighted by atomic mass is 32.1. The number of non-ortho nitro benzene ring substituents is 1. The Balaban J connectivity index is 1.47. The summed E-state index contributed by atoms with van der Waals surface area (Å²) in [5, 5.41) is 10.7. The SMILES string of the molecule is O=C(COC(=O)c1cc2c(s1)CCCC2)NNC(=O)c1cccc([N+](=O)[O-])c1. The van der Waals surface area contributed by atoms with Gasteiger partial charge in [0, 0.05) is 22.6 Å². The van der Waals surface area contributed by atoms with Gasteiger partial charge < -0.3 is 4.74 Å². The van der Waals surface area contributed by atoms with Gasteiger partial charge >= 0.3 is 5.97 Å². The molecule has 2 aromatic rings. The van der Waals surface area contributed by atoms with E-state index in [9.17, 15) is 24.5 Å². The van der Waals surface area contributed by atoms with Crippen LogP contribution in [0.2, 0.25) is 0 Å². The number of nitrogens with one attached hydrogen (secondary N) is 2. The number of hydrogen-bond donors (Lipinski definition) is 2. The molecule has 2 amide bonds. The van der Waals surface area contributed by atoms with Crippen LogP contribution in [0.25, 0.3) is 0 Å². The second kappa shape index (κ2) is 8.61. The van der Waals surface area contributed by atoms with Gasteiger partial charge in [-0.05, 0) is 43.4 Å². The largest absolute Gasteiger partial charge is 0.451 e. The molecule has 1 aromatic carbocycles. The van der Waals surface area contributed by atoms with Gasteiger partial charge in [0.05, 0.1) is 4.92 Å². The van der Waals surface area contributed by atoms with E-state index in [-0.39, 0.29) is 11.3 Å². The van der Waals surface area contributed by atoms with Gasteiger partial charge in [-0.1, -0.05) is 6.07 Å². The molecular formula is C18H17N3O6S. The summed E-state index contributed by atoms with van der Waals surface area (Å²) in [5.41, 5.74) is 5.15. The van der Waals surface area contributed by atoms with Crippen molar-refractivity contribution in [3.8, 4) is 0 Å². The van der Waals surface area contributed by atoms with E-state index in [2.05, 4.69) is 10.9 Å². The Morgan fingerprint density at radius 1 is 1.14 bits per heavy atom. The van der Waals surface area contributed by atoms with E-state index < -0.39 is 29.3 Å². The zero-order chi connectivity index (χ0) is 20.1. The third-order valence-corrected chi connectivity index (χ3v) is 5.38. The lowest BCUT2D eigenvalue weighted by molar-refractivity contribution is -0.384. The standard InChI is InChI=1S/C18H17N3O6S/c22-16(19-20-17(23)12-5-3-6-13(8-12)21(25)26)10-27-18(24)15-9-11-4-1-2-7-14(11)28-15/h3,5-6,8-9H,1-2,4,7,10H2,(H,19,22)(H,20,23). The summed E-state index contributed by atoms with van der Waals surface area (Å²) < 4.78 is 4.98. The fraction of sp³-hybridized carbons (Fsp3) is 0.278. The molecule has 0 unspecified atom stereocenters. The maximum atomic E-state index is 12.1. The average Bonchev–Trinajstić information content (AvgIpc) is 3.14. The molecule has 0 bridgehead atoms. The Morgan fingerprint density at radius 3 is 2.68 bits per heavy atom. The topological polar surface area (TPSA) is 128 Å². The van der Waals surface area contributed by atoms with Gasteiger partial charge in [-0.25, -0.2) is 4.79 Å². The zero-order valence-corrected chi connectivity index (χ0v) is 15.5. The van der Waals surface area contributed by atoms with E-state index in [1.807, 2.05) is 6.07 Å². The summed E-state index contributed by atoms with van der Waals surface area (Å²) in [6, 6.07) is 6.87. The van der Waals surface area contributed by atoms with Crippen LogP contribution in [0, 0.1) is 10.1 Å². The molecule has 2 N–H and O–H groups in total. The smallest absolute Gasteiger partial charge is 0.348 e. The van der Waals surface area contributed by atoms with Crippen molar-refractivity contribution >= 4 is 34.8 Å². The number of ether oxygens (including phenoxy) is 1. The van der Waals surface area contributed by atoms with Crippen molar-refractivity contribution in [3.63, 3.8) is 0 Å². The van der Waals surface area contributed by atoms with Gasteiger partial charge in [0.1, 0.15) is 4.88 Å². The second-order valence-electron chi connectivity index (χ2n) is 6.15. The predicted octanol–water partition coefficient (Wildman–Crippen LogP) is 2.15. The minimum atomic E-state index is -0.728. The number of hydrogen-bond acceptors (Lipinski definition) is 7. The van der Waals surface area contributed by atoms with Crippen molar-refractivity contribution in [2.45, 2.75) is 25.7 Å². The van der Waals surface area contributed by atoms with Crippen LogP contribution in [0.15, 0.2) is 30.3 Å². The molecule has 0 spiro atoms. The fourth-order valence-electron chi connectivity index (χ4n) is 2.79. The van der Waals surface area contributed by atoms with Gasteiger partial charge in [0.15, 0.2) is 6.61 Å². The van der Waals surface area contributed by atoms with Crippen molar-refractivity contribution < 1.29 is 24.0 Å². The van der Waals surface area contributed by atoms with Crippen LogP contribution in [0.4, 0.5) is 5.69 Å². The molecule has 0 radical (unpaired) electrons. The lowest BCUT2D eigenvalue weighted by Crippen LogP contribution is -2.43. The molecule has 146 valence electrons. The number of benzene rings is 1. The predicted molar refractivity (Wildman–Crippen MR) is 99.9 cm³/mol. The van der Waals surface area contributed by atoms with Crippen molar-refractivity contribution in [2.24, 2.45) is 0 Å². The summed E-state index contributed by atoms with van der Waals surface area (Å²) in [6.45, 7) is -0.559. The number of carbonyl (C=O) groups excluding carboxylic acids is 3. The Labute approximate surface area is 163 Å². The van der Waals surface area contributed by atoms with Crippen LogP contribution in [0.3, 0.4) is 0 Å². The van der Waals surface area contributed by atoms with Gasteiger partial charge in [-0.15, -0.1) is 11.3 Å². The normalized spacial score (nSPS) is 12.6. The van der Waals surface area contributed by atoms with Crippen LogP contribution in [-0.2, 0) is 22.4 Å². The molecule has 10 heteroatoms. The molecule has 0 saturated carbocycles. The first-order chi connectivity index (χ1) is 13.4. The Bertz CT molecular complexity index is 916. The van der Waals surface area contributed by atoms with Gasteiger partial charge in [-0.2, -0.15) is 0 Å². The number of hydrazine groups is 1. The number of nitro benzene ring substituents is 1. The lowest BCUT2D eigenvalue weighted by atomic mass is 9.99. The summed E-state index contributed by atoms with van der Waals surface area (Å²) in [4.78, 5) is 47.5. The molecule has 0 saturated heterocycles. The molecule has 28 heavy (non-hydrogen) atoms. The fourth-order valence-corrected chi connectivity index (χ4v) is 3.94. The molecule has 1 aliphatic rings. The average molecular weight is 403 g/mol. The molecule has 3 rings (SSSR count). The van der Waals surface area contributed by atoms with E-state index in [1.54, 1.807) is 0 Å². The first kappa shape index (κ1) is 19.5. The van der Waals surface area contributed by atoms with Crippen LogP contribution in [0.1, 0.15) is 43.3 Å². The minimum Gasteiger partial charge on any atom is -0.451 e. The van der Waals surface area contributed by atoms with Crippen molar-refractivity contribution in [1.82, 2.24) is 10.9 Å². The Hall–Kier alpha value is -3.27.